The molecule has 1 saturated heterocycles. The zero-order valence-electron chi connectivity index (χ0n) is 10.3. The van der Waals surface area contributed by atoms with Gasteiger partial charge in [0.2, 0.25) is 0 Å². The van der Waals surface area contributed by atoms with Crippen LogP contribution in [0.1, 0.15) is 12.8 Å². The Kier molecular flexibility index (Phi) is 3.18. The number of ether oxygens (including phenoxy) is 3. The van der Waals surface area contributed by atoms with Gasteiger partial charge in [0.05, 0.1) is 0 Å². The fourth-order valence-electron chi connectivity index (χ4n) is 2.27. The Morgan fingerprint density at radius 3 is 2.68 bits per heavy atom. The van der Waals surface area contributed by atoms with E-state index in [1.54, 1.807) is 6.07 Å². The van der Waals surface area contributed by atoms with E-state index in [1.165, 1.54) is 12.1 Å². The molecule has 2 aliphatic rings. The van der Waals surface area contributed by atoms with E-state index in [1.807, 2.05) is 0 Å². The van der Waals surface area contributed by atoms with Crippen molar-refractivity contribution in [2.45, 2.75) is 19.1 Å². The van der Waals surface area contributed by atoms with Crippen LogP contribution in [0.3, 0.4) is 0 Å². The summed E-state index contributed by atoms with van der Waals surface area (Å²) in [5.74, 6) is 0.698. The second-order valence-corrected chi connectivity index (χ2v) is 4.77. The molecule has 6 heteroatoms. The van der Waals surface area contributed by atoms with Crippen LogP contribution in [0.4, 0.5) is 14.5 Å². The summed E-state index contributed by atoms with van der Waals surface area (Å²) in [6.07, 6.45) is -1.51. The lowest BCUT2D eigenvalue weighted by atomic mass is 10.0. The molecule has 0 amide bonds. The highest BCUT2D eigenvalue weighted by Crippen LogP contribution is 2.42. The Morgan fingerprint density at radius 2 is 1.89 bits per heavy atom. The highest BCUT2D eigenvalue weighted by Gasteiger charge is 2.43. The van der Waals surface area contributed by atoms with Gasteiger partial charge in [0.25, 0.3) is 0 Å². The van der Waals surface area contributed by atoms with Crippen LogP contribution in [0.5, 0.6) is 11.5 Å². The summed E-state index contributed by atoms with van der Waals surface area (Å²) in [6.45, 7) is 2.39. The first-order chi connectivity index (χ1) is 9.12. The number of benzene rings is 1. The molecular weight excluding hydrogens is 256 g/mol. The van der Waals surface area contributed by atoms with Gasteiger partial charge in [-0.1, -0.05) is 0 Å². The topological polar surface area (TPSA) is 39.7 Å². The summed E-state index contributed by atoms with van der Waals surface area (Å²) in [7, 11) is 0. The van der Waals surface area contributed by atoms with Gasteiger partial charge in [-0.25, -0.2) is 0 Å². The number of fused-ring (bicyclic) bond motifs is 1. The van der Waals surface area contributed by atoms with Crippen molar-refractivity contribution in [3.8, 4) is 11.5 Å². The average molecular weight is 271 g/mol. The van der Waals surface area contributed by atoms with Crippen LogP contribution in [-0.2, 0) is 4.74 Å². The molecular formula is C13H15F2NO3. The minimum absolute atomic E-state index is 0.0709. The van der Waals surface area contributed by atoms with Crippen LogP contribution in [0.2, 0.25) is 0 Å². The van der Waals surface area contributed by atoms with Crippen molar-refractivity contribution in [1.29, 1.82) is 0 Å². The zero-order chi connectivity index (χ0) is 13.3. The van der Waals surface area contributed by atoms with Crippen LogP contribution in [0, 0.1) is 5.92 Å². The van der Waals surface area contributed by atoms with Gasteiger partial charge in [-0.2, -0.15) is 0 Å². The van der Waals surface area contributed by atoms with Crippen molar-refractivity contribution in [1.82, 2.24) is 0 Å². The molecule has 1 fully saturated rings. The van der Waals surface area contributed by atoms with E-state index < -0.39 is 6.29 Å². The molecule has 2 heterocycles. The van der Waals surface area contributed by atoms with Gasteiger partial charge in [-0.3, -0.25) is 0 Å². The standard InChI is InChI=1S/C13H15F2NO3/c14-13(15)18-11-2-1-10(7-12(11)19-13)16-8-9-3-5-17-6-4-9/h1-2,7,9,16H,3-6,8H2. The molecule has 104 valence electrons. The van der Waals surface area contributed by atoms with Gasteiger partial charge in [0.1, 0.15) is 0 Å². The maximum absolute atomic E-state index is 12.9. The molecule has 0 unspecified atom stereocenters. The van der Waals surface area contributed by atoms with Crippen molar-refractivity contribution in [3.05, 3.63) is 18.2 Å². The van der Waals surface area contributed by atoms with E-state index in [0.717, 1.165) is 38.3 Å². The zero-order valence-corrected chi connectivity index (χ0v) is 10.3. The van der Waals surface area contributed by atoms with E-state index in [9.17, 15) is 8.78 Å². The molecule has 0 saturated carbocycles. The second kappa shape index (κ2) is 4.85. The van der Waals surface area contributed by atoms with E-state index in [-0.39, 0.29) is 11.5 Å². The summed E-state index contributed by atoms with van der Waals surface area (Å²) in [4.78, 5) is 0. The number of hydrogen-bond donors (Lipinski definition) is 1. The molecule has 0 bridgehead atoms. The van der Waals surface area contributed by atoms with Crippen molar-refractivity contribution in [2.75, 3.05) is 25.1 Å². The molecule has 4 nitrogen and oxygen atoms in total. The molecule has 0 atom stereocenters. The third-order valence-corrected chi connectivity index (χ3v) is 3.34. The fraction of sp³-hybridized carbons (Fsp3) is 0.538. The lowest BCUT2D eigenvalue weighted by molar-refractivity contribution is -0.286. The van der Waals surface area contributed by atoms with E-state index in [0.29, 0.717) is 5.92 Å². The van der Waals surface area contributed by atoms with Crippen molar-refractivity contribution in [2.24, 2.45) is 5.92 Å². The summed E-state index contributed by atoms with van der Waals surface area (Å²) in [5, 5.41) is 3.24. The molecule has 0 radical (unpaired) electrons. The number of alkyl halides is 2. The summed E-state index contributed by atoms with van der Waals surface area (Å²) in [5.41, 5.74) is 0.756. The Bertz CT molecular complexity index is 461. The predicted molar refractivity (Wildman–Crippen MR) is 64.7 cm³/mol. The van der Waals surface area contributed by atoms with Gasteiger partial charge in [0, 0.05) is 31.5 Å². The number of nitrogens with one attached hydrogen (secondary N) is 1. The quantitative estimate of drug-likeness (QED) is 0.917. The van der Waals surface area contributed by atoms with Crippen molar-refractivity contribution >= 4 is 5.69 Å². The molecule has 1 aromatic carbocycles. The summed E-state index contributed by atoms with van der Waals surface area (Å²) < 4.78 is 39.8. The minimum atomic E-state index is -3.55. The molecule has 0 spiro atoms. The Balaban J connectivity index is 1.60. The lowest BCUT2D eigenvalue weighted by Crippen LogP contribution is -2.25. The number of rotatable bonds is 3. The largest absolute Gasteiger partial charge is 0.586 e. The molecule has 19 heavy (non-hydrogen) atoms. The molecule has 1 aromatic rings. The number of hydrogen-bond acceptors (Lipinski definition) is 4. The lowest BCUT2D eigenvalue weighted by Gasteiger charge is -2.22. The van der Waals surface area contributed by atoms with Crippen LogP contribution in [0.25, 0.3) is 0 Å². The Labute approximate surface area is 109 Å². The first-order valence-electron chi connectivity index (χ1n) is 6.34. The third-order valence-electron chi connectivity index (χ3n) is 3.34. The average Bonchev–Trinajstić information content (AvgIpc) is 2.70. The first kappa shape index (κ1) is 12.5. The van der Waals surface area contributed by atoms with Crippen LogP contribution >= 0.6 is 0 Å². The number of anilines is 1. The SMILES string of the molecule is FC1(F)Oc2ccc(NCC3CCOCC3)cc2O1. The Hall–Kier alpha value is -1.56. The van der Waals surface area contributed by atoms with E-state index >= 15 is 0 Å². The predicted octanol–water partition coefficient (Wildman–Crippen LogP) is 2.85. The number of halogens is 2. The molecule has 0 aromatic heterocycles. The highest BCUT2D eigenvalue weighted by molar-refractivity contribution is 5.55. The van der Waals surface area contributed by atoms with Gasteiger partial charge in [-0.15, -0.1) is 8.78 Å². The maximum atomic E-state index is 12.9. The van der Waals surface area contributed by atoms with E-state index in [2.05, 4.69) is 14.8 Å². The maximum Gasteiger partial charge on any atom is 0.586 e. The Morgan fingerprint density at radius 1 is 1.16 bits per heavy atom. The van der Waals surface area contributed by atoms with Crippen LogP contribution in [-0.4, -0.2) is 26.1 Å². The van der Waals surface area contributed by atoms with Gasteiger partial charge in [-0.05, 0) is 30.9 Å². The van der Waals surface area contributed by atoms with Gasteiger partial charge >= 0.3 is 6.29 Å². The summed E-state index contributed by atoms with van der Waals surface area (Å²) >= 11 is 0. The normalized spacial score (nSPS) is 21.4. The molecule has 3 rings (SSSR count). The second-order valence-electron chi connectivity index (χ2n) is 4.77. The minimum Gasteiger partial charge on any atom is -0.395 e. The molecule has 2 aliphatic heterocycles. The third kappa shape index (κ3) is 2.89. The monoisotopic (exact) mass is 271 g/mol. The highest BCUT2D eigenvalue weighted by atomic mass is 19.3. The molecule has 1 N–H and O–H groups in total. The summed E-state index contributed by atoms with van der Waals surface area (Å²) in [6, 6.07) is 4.74. The van der Waals surface area contributed by atoms with Crippen LogP contribution < -0.4 is 14.8 Å². The first-order valence-corrected chi connectivity index (χ1v) is 6.34. The van der Waals surface area contributed by atoms with Crippen molar-refractivity contribution in [3.63, 3.8) is 0 Å². The van der Waals surface area contributed by atoms with E-state index in [4.69, 9.17) is 4.74 Å². The van der Waals surface area contributed by atoms with Gasteiger partial charge in [0.15, 0.2) is 11.5 Å². The van der Waals surface area contributed by atoms with Crippen LogP contribution in [0.15, 0.2) is 18.2 Å². The smallest absolute Gasteiger partial charge is 0.395 e. The van der Waals surface area contributed by atoms with Crippen molar-refractivity contribution < 1.29 is 23.0 Å². The fourth-order valence-corrected chi connectivity index (χ4v) is 2.27. The van der Waals surface area contributed by atoms with Gasteiger partial charge < -0.3 is 19.5 Å². The molecule has 0 aliphatic carbocycles.